The van der Waals surface area contributed by atoms with Gasteiger partial charge in [0.05, 0.1) is 11.8 Å². The summed E-state index contributed by atoms with van der Waals surface area (Å²) in [5.41, 5.74) is 2.24. The number of fused-ring (bicyclic) bond motifs is 1. The van der Waals surface area contributed by atoms with Gasteiger partial charge >= 0.3 is 0 Å². The van der Waals surface area contributed by atoms with Gasteiger partial charge in [-0.15, -0.1) is 0 Å². The maximum Gasteiger partial charge on any atom is 0.274 e. The lowest BCUT2D eigenvalue weighted by atomic mass is 10.1. The van der Waals surface area contributed by atoms with Crippen molar-refractivity contribution in [1.82, 2.24) is 19.2 Å². The maximum absolute atomic E-state index is 12.9. The van der Waals surface area contributed by atoms with Crippen LogP contribution in [-0.4, -0.2) is 63.0 Å². The maximum atomic E-state index is 12.9. The zero-order valence-corrected chi connectivity index (χ0v) is 15.2. The van der Waals surface area contributed by atoms with Crippen molar-refractivity contribution in [3.63, 3.8) is 0 Å². The van der Waals surface area contributed by atoms with Crippen molar-refractivity contribution >= 4 is 11.6 Å². The van der Waals surface area contributed by atoms with Crippen LogP contribution in [0.25, 0.3) is 5.65 Å². The summed E-state index contributed by atoms with van der Waals surface area (Å²) in [7, 11) is 1.84. The average molecular weight is 344 g/mol. The molecule has 0 spiro atoms. The number of likely N-dealkylation sites (tertiary alicyclic amines) is 1. The van der Waals surface area contributed by atoms with E-state index < -0.39 is 0 Å². The number of carbonyl (C=O) groups is 1. The Morgan fingerprint density at radius 3 is 3.04 bits per heavy atom. The quantitative estimate of drug-likeness (QED) is 0.872. The molecule has 0 radical (unpaired) electrons. The Balaban J connectivity index is 1.90. The van der Waals surface area contributed by atoms with Gasteiger partial charge in [-0.1, -0.05) is 19.4 Å². The molecule has 0 saturated carbocycles. The van der Waals surface area contributed by atoms with E-state index in [0.29, 0.717) is 18.8 Å². The van der Waals surface area contributed by atoms with Crippen LogP contribution in [0.4, 0.5) is 0 Å². The third-order valence-corrected chi connectivity index (χ3v) is 4.88. The van der Waals surface area contributed by atoms with Gasteiger partial charge in [0, 0.05) is 32.9 Å². The molecule has 1 aliphatic heterocycles. The molecule has 3 heterocycles. The van der Waals surface area contributed by atoms with E-state index in [1.807, 2.05) is 35.8 Å². The fourth-order valence-corrected chi connectivity index (χ4v) is 3.43. The minimum atomic E-state index is -0.278. The first kappa shape index (κ1) is 17.9. The monoisotopic (exact) mass is 344 g/mol. The first-order chi connectivity index (χ1) is 12.1. The second kappa shape index (κ2) is 7.97. The number of nitrogens with zero attached hydrogens (tertiary/aromatic N) is 4. The van der Waals surface area contributed by atoms with Gasteiger partial charge in [0.15, 0.2) is 5.69 Å². The Bertz CT molecular complexity index is 727. The fraction of sp³-hybridized carbons (Fsp3) is 0.579. The zero-order chi connectivity index (χ0) is 17.8. The summed E-state index contributed by atoms with van der Waals surface area (Å²) in [5, 5.41) is 9.95. The molecule has 1 atom stereocenters. The van der Waals surface area contributed by atoms with Crippen LogP contribution in [-0.2, 0) is 6.54 Å². The molecule has 1 N–H and O–H groups in total. The minimum Gasteiger partial charge on any atom is -0.392 e. The molecule has 6 heteroatoms. The summed E-state index contributed by atoms with van der Waals surface area (Å²) < 4.78 is 2.00. The van der Waals surface area contributed by atoms with Gasteiger partial charge in [-0.25, -0.2) is 4.98 Å². The number of amides is 1. The largest absolute Gasteiger partial charge is 0.392 e. The Morgan fingerprint density at radius 2 is 2.28 bits per heavy atom. The number of aliphatic hydroxyl groups excluding tert-OH is 1. The molecule has 1 aliphatic rings. The van der Waals surface area contributed by atoms with Gasteiger partial charge in [-0.2, -0.15) is 0 Å². The highest BCUT2D eigenvalue weighted by molar-refractivity contribution is 5.94. The van der Waals surface area contributed by atoms with Crippen molar-refractivity contribution in [3.05, 3.63) is 35.8 Å². The third-order valence-electron chi connectivity index (χ3n) is 4.88. The standard InChI is InChI=1S/C19H28N4O2/c1-3-4-10-21(2)19(25)18-16(14-22-11-7-8-15(24)13-22)23-12-6-5-9-17(23)20-18/h5-6,9,12,15,24H,3-4,7-8,10-11,13-14H2,1-2H3/t15-/m1/s1. The first-order valence-corrected chi connectivity index (χ1v) is 9.22. The Labute approximate surface area is 149 Å². The van der Waals surface area contributed by atoms with Gasteiger partial charge in [-0.05, 0) is 37.9 Å². The lowest BCUT2D eigenvalue weighted by Gasteiger charge is -2.30. The SMILES string of the molecule is CCCCN(C)C(=O)c1nc2ccccn2c1CN1CCC[C@@H](O)C1. The number of piperidine rings is 1. The smallest absolute Gasteiger partial charge is 0.274 e. The second-order valence-corrected chi connectivity index (χ2v) is 6.95. The van der Waals surface area contributed by atoms with Gasteiger partial charge in [0.1, 0.15) is 5.65 Å². The molecule has 2 aromatic heterocycles. The lowest BCUT2D eigenvalue weighted by molar-refractivity contribution is 0.0653. The van der Waals surface area contributed by atoms with E-state index in [1.54, 1.807) is 4.90 Å². The highest BCUT2D eigenvalue weighted by Gasteiger charge is 2.25. The summed E-state index contributed by atoms with van der Waals surface area (Å²) >= 11 is 0. The number of aliphatic hydroxyl groups is 1. The second-order valence-electron chi connectivity index (χ2n) is 6.95. The van der Waals surface area contributed by atoms with Crippen LogP contribution in [0.15, 0.2) is 24.4 Å². The van der Waals surface area contributed by atoms with Crippen LogP contribution in [0, 0.1) is 0 Å². The number of unbranched alkanes of at least 4 members (excludes halogenated alkanes) is 1. The van der Waals surface area contributed by atoms with Crippen LogP contribution in [0.1, 0.15) is 48.8 Å². The van der Waals surface area contributed by atoms with E-state index in [0.717, 1.165) is 50.1 Å². The molecule has 2 aromatic rings. The van der Waals surface area contributed by atoms with E-state index in [4.69, 9.17) is 0 Å². The summed E-state index contributed by atoms with van der Waals surface area (Å²) in [6.07, 6.45) is 5.57. The van der Waals surface area contributed by atoms with E-state index in [1.165, 1.54) is 0 Å². The fourth-order valence-electron chi connectivity index (χ4n) is 3.43. The molecule has 0 unspecified atom stereocenters. The molecule has 1 amide bonds. The number of rotatable bonds is 6. The summed E-state index contributed by atoms with van der Waals surface area (Å²) in [6.45, 7) is 5.09. The molecule has 3 rings (SSSR count). The van der Waals surface area contributed by atoms with E-state index in [-0.39, 0.29) is 12.0 Å². The van der Waals surface area contributed by atoms with Crippen molar-refractivity contribution in [3.8, 4) is 0 Å². The van der Waals surface area contributed by atoms with Crippen LogP contribution in [0.5, 0.6) is 0 Å². The molecule has 136 valence electrons. The molecule has 0 bridgehead atoms. The molecule has 0 aromatic carbocycles. The number of carbonyl (C=O) groups excluding carboxylic acids is 1. The summed E-state index contributed by atoms with van der Waals surface area (Å²) in [4.78, 5) is 21.5. The topological polar surface area (TPSA) is 61.1 Å². The lowest BCUT2D eigenvalue weighted by Crippen LogP contribution is -2.38. The highest BCUT2D eigenvalue weighted by Crippen LogP contribution is 2.19. The first-order valence-electron chi connectivity index (χ1n) is 9.22. The van der Waals surface area contributed by atoms with Gasteiger partial charge in [-0.3, -0.25) is 9.69 Å². The molecule has 0 aliphatic carbocycles. The molecular weight excluding hydrogens is 316 g/mol. The van der Waals surface area contributed by atoms with Crippen molar-refractivity contribution in [1.29, 1.82) is 0 Å². The minimum absolute atomic E-state index is 0.0234. The van der Waals surface area contributed by atoms with Crippen LogP contribution < -0.4 is 0 Å². The van der Waals surface area contributed by atoms with Gasteiger partial charge < -0.3 is 14.4 Å². The van der Waals surface area contributed by atoms with Crippen molar-refractivity contribution < 1.29 is 9.90 Å². The zero-order valence-electron chi connectivity index (χ0n) is 15.2. The molecular formula is C19H28N4O2. The van der Waals surface area contributed by atoms with Crippen LogP contribution >= 0.6 is 0 Å². The Morgan fingerprint density at radius 1 is 1.44 bits per heavy atom. The molecule has 1 fully saturated rings. The number of aromatic nitrogens is 2. The van der Waals surface area contributed by atoms with Crippen LogP contribution in [0.2, 0.25) is 0 Å². The van der Waals surface area contributed by atoms with E-state index in [9.17, 15) is 9.90 Å². The summed E-state index contributed by atoms with van der Waals surface area (Å²) in [6, 6.07) is 5.82. The Kier molecular flexibility index (Phi) is 5.71. The van der Waals surface area contributed by atoms with Gasteiger partial charge in [0.25, 0.3) is 5.91 Å². The van der Waals surface area contributed by atoms with Crippen LogP contribution in [0.3, 0.4) is 0 Å². The normalized spacial score (nSPS) is 18.6. The number of hydrogen-bond acceptors (Lipinski definition) is 4. The van der Waals surface area contributed by atoms with Crippen molar-refractivity contribution in [2.75, 3.05) is 26.7 Å². The predicted molar refractivity (Wildman–Crippen MR) is 97.6 cm³/mol. The number of hydrogen-bond donors (Lipinski definition) is 1. The molecule has 25 heavy (non-hydrogen) atoms. The van der Waals surface area contributed by atoms with Crippen molar-refractivity contribution in [2.45, 2.75) is 45.3 Å². The Hall–Kier alpha value is -1.92. The van der Waals surface area contributed by atoms with Crippen molar-refractivity contribution in [2.24, 2.45) is 0 Å². The number of pyridine rings is 1. The molecule has 6 nitrogen and oxygen atoms in total. The average Bonchev–Trinajstić information content (AvgIpc) is 2.97. The van der Waals surface area contributed by atoms with E-state index in [2.05, 4.69) is 16.8 Å². The summed E-state index contributed by atoms with van der Waals surface area (Å²) in [5.74, 6) is -0.0234. The highest BCUT2D eigenvalue weighted by atomic mass is 16.3. The third kappa shape index (κ3) is 4.02. The van der Waals surface area contributed by atoms with Gasteiger partial charge in [0.2, 0.25) is 0 Å². The predicted octanol–water partition coefficient (Wildman–Crippen LogP) is 2.16. The number of imidazole rings is 1. The number of β-amino-alcohol motifs (C(OH)–C–C–N with tert-alkyl or cyclic N) is 1. The molecule has 1 saturated heterocycles. The van der Waals surface area contributed by atoms with E-state index >= 15 is 0 Å².